The standard InChI is InChI=1S/C24H30N8/c25-14-13-16-5-9-18(10-6-16)28-22-21-23(32(15-27-21)20-3-1-2-4-20)31-24(30-22)29-19-11-7-17(26)8-12-19/h5-6,9-10,15,17,19-20H,1-4,7-8,11-13,26H2,(H2,28,29,30,31)/t17-,19-. The Morgan fingerprint density at radius 2 is 1.78 bits per heavy atom. The first-order valence-corrected chi connectivity index (χ1v) is 11.7. The van der Waals surface area contributed by atoms with Crippen LogP contribution in [0.4, 0.5) is 17.5 Å². The van der Waals surface area contributed by atoms with Gasteiger partial charge in [0.2, 0.25) is 5.95 Å². The molecule has 4 N–H and O–H groups in total. The average Bonchev–Trinajstić information content (AvgIpc) is 3.47. The maximum absolute atomic E-state index is 8.91. The molecule has 0 saturated heterocycles. The van der Waals surface area contributed by atoms with Crippen molar-refractivity contribution in [3.8, 4) is 6.07 Å². The van der Waals surface area contributed by atoms with Crippen LogP contribution in [0.5, 0.6) is 0 Å². The van der Waals surface area contributed by atoms with Gasteiger partial charge in [-0.25, -0.2) is 4.98 Å². The van der Waals surface area contributed by atoms with Gasteiger partial charge < -0.3 is 20.9 Å². The van der Waals surface area contributed by atoms with Gasteiger partial charge in [0.25, 0.3) is 0 Å². The third-order valence-corrected chi connectivity index (χ3v) is 6.74. The topological polar surface area (TPSA) is 117 Å². The number of benzene rings is 1. The number of nitrogens with zero attached hydrogens (tertiary/aromatic N) is 5. The van der Waals surface area contributed by atoms with E-state index in [-0.39, 0.29) is 0 Å². The fourth-order valence-corrected chi connectivity index (χ4v) is 4.90. The van der Waals surface area contributed by atoms with Crippen LogP contribution < -0.4 is 16.4 Å². The van der Waals surface area contributed by atoms with Crippen molar-refractivity contribution in [2.75, 3.05) is 10.6 Å². The van der Waals surface area contributed by atoms with Crippen molar-refractivity contribution < 1.29 is 0 Å². The fourth-order valence-electron chi connectivity index (χ4n) is 4.90. The van der Waals surface area contributed by atoms with E-state index >= 15 is 0 Å². The van der Waals surface area contributed by atoms with Gasteiger partial charge in [-0.05, 0) is 56.2 Å². The molecule has 8 heteroatoms. The SMILES string of the molecule is N#CCc1ccc(Nc2nc(N[C@H]3CC[C@H](N)CC3)nc3c2ncn3C2CCCC2)cc1. The molecule has 2 heterocycles. The van der Waals surface area contributed by atoms with Gasteiger partial charge in [-0.2, -0.15) is 15.2 Å². The van der Waals surface area contributed by atoms with Crippen LogP contribution in [0.2, 0.25) is 0 Å². The zero-order valence-electron chi connectivity index (χ0n) is 18.3. The molecule has 0 aliphatic heterocycles. The second-order valence-electron chi connectivity index (χ2n) is 9.07. The number of aromatic nitrogens is 4. The highest BCUT2D eigenvalue weighted by Gasteiger charge is 2.24. The van der Waals surface area contributed by atoms with Crippen molar-refractivity contribution in [3.63, 3.8) is 0 Å². The lowest BCUT2D eigenvalue weighted by Gasteiger charge is -2.27. The summed E-state index contributed by atoms with van der Waals surface area (Å²) in [5.41, 5.74) is 9.66. The quantitative estimate of drug-likeness (QED) is 0.529. The molecule has 2 aliphatic rings. The summed E-state index contributed by atoms with van der Waals surface area (Å²) in [7, 11) is 0. The Hall–Kier alpha value is -3.18. The second-order valence-corrected chi connectivity index (χ2v) is 9.07. The van der Waals surface area contributed by atoms with Crippen molar-refractivity contribution >= 4 is 28.6 Å². The van der Waals surface area contributed by atoms with E-state index in [9.17, 15) is 0 Å². The van der Waals surface area contributed by atoms with E-state index in [1.54, 1.807) is 0 Å². The Morgan fingerprint density at radius 3 is 2.50 bits per heavy atom. The fraction of sp³-hybridized carbons (Fsp3) is 0.500. The molecule has 0 spiro atoms. The summed E-state index contributed by atoms with van der Waals surface area (Å²) in [6, 6.07) is 11.2. The minimum atomic E-state index is 0.307. The third-order valence-electron chi connectivity index (χ3n) is 6.74. The summed E-state index contributed by atoms with van der Waals surface area (Å²) in [4.78, 5) is 14.4. The summed E-state index contributed by atoms with van der Waals surface area (Å²) in [5.74, 6) is 1.34. The molecule has 1 aromatic carbocycles. The number of nitrogens with one attached hydrogen (secondary N) is 2. The highest BCUT2D eigenvalue weighted by atomic mass is 15.2. The Labute approximate surface area is 188 Å². The molecule has 0 bridgehead atoms. The Bertz CT molecular complexity index is 1100. The van der Waals surface area contributed by atoms with Crippen LogP contribution in [0.25, 0.3) is 11.2 Å². The van der Waals surface area contributed by atoms with Crippen LogP contribution >= 0.6 is 0 Å². The van der Waals surface area contributed by atoms with Gasteiger partial charge in [-0.3, -0.25) is 0 Å². The van der Waals surface area contributed by atoms with Gasteiger partial charge in [0.05, 0.1) is 18.8 Å². The number of hydrogen-bond donors (Lipinski definition) is 3. The average molecular weight is 431 g/mol. The van der Waals surface area contributed by atoms with Gasteiger partial charge in [0, 0.05) is 23.8 Å². The summed E-state index contributed by atoms with van der Waals surface area (Å²) < 4.78 is 2.23. The molecule has 0 atom stereocenters. The third kappa shape index (κ3) is 4.39. The van der Waals surface area contributed by atoms with Crippen molar-refractivity contribution in [3.05, 3.63) is 36.2 Å². The van der Waals surface area contributed by atoms with Crippen LogP contribution in [0.3, 0.4) is 0 Å². The molecule has 0 unspecified atom stereocenters. The van der Waals surface area contributed by atoms with E-state index < -0.39 is 0 Å². The van der Waals surface area contributed by atoms with Crippen LogP contribution in [0, 0.1) is 11.3 Å². The number of hydrogen-bond acceptors (Lipinski definition) is 7. The molecule has 2 aliphatic carbocycles. The predicted molar refractivity (Wildman–Crippen MR) is 126 cm³/mol. The van der Waals surface area contributed by atoms with Crippen molar-refractivity contribution in [1.82, 2.24) is 19.5 Å². The molecule has 3 aromatic rings. The highest BCUT2D eigenvalue weighted by molar-refractivity contribution is 5.86. The molecule has 5 rings (SSSR count). The molecule has 2 aromatic heterocycles. The molecular formula is C24H30N8. The summed E-state index contributed by atoms with van der Waals surface area (Å²) in [5, 5.41) is 15.9. The molecule has 2 fully saturated rings. The number of rotatable bonds is 6. The van der Waals surface area contributed by atoms with E-state index in [1.807, 2.05) is 30.6 Å². The molecule has 8 nitrogen and oxygen atoms in total. The molecule has 166 valence electrons. The Kier molecular flexibility index (Phi) is 5.91. The number of imidazole rings is 1. The largest absolute Gasteiger partial charge is 0.351 e. The molecular weight excluding hydrogens is 400 g/mol. The number of anilines is 3. The first-order valence-electron chi connectivity index (χ1n) is 11.7. The zero-order valence-corrected chi connectivity index (χ0v) is 18.3. The van der Waals surface area contributed by atoms with Crippen molar-refractivity contribution in [2.45, 2.75) is 75.9 Å². The van der Waals surface area contributed by atoms with Crippen LogP contribution in [0.1, 0.15) is 63.0 Å². The Morgan fingerprint density at radius 1 is 1.03 bits per heavy atom. The lowest BCUT2D eigenvalue weighted by atomic mass is 9.92. The lowest BCUT2D eigenvalue weighted by molar-refractivity contribution is 0.410. The summed E-state index contributed by atoms with van der Waals surface area (Å²) in [6.45, 7) is 0. The van der Waals surface area contributed by atoms with Gasteiger partial charge in [0.1, 0.15) is 0 Å². The zero-order chi connectivity index (χ0) is 21.9. The van der Waals surface area contributed by atoms with Gasteiger partial charge >= 0.3 is 0 Å². The first kappa shape index (κ1) is 20.7. The van der Waals surface area contributed by atoms with Gasteiger partial charge in [0.15, 0.2) is 17.0 Å². The van der Waals surface area contributed by atoms with Crippen LogP contribution in [-0.2, 0) is 6.42 Å². The second kappa shape index (κ2) is 9.13. The van der Waals surface area contributed by atoms with E-state index in [0.717, 1.165) is 48.1 Å². The van der Waals surface area contributed by atoms with Crippen molar-refractivity contribution in [2.24, 2.45) is 5.73 Å². The first-order chi connectivity index (χ1) is 15.7. The molecule has 0 radical (unpaired) electrons. The maximum Gasteiger partial charge on any atom is 0.227 e. The monoisotopic (exact) mass is 430 g/mol. The van der Waals surface area contributed by atoms with Crippen LogP contribution in [0.15, 0.2) is 30.6 Å². The number of nitriles is 1. The molecule has 2 saturated carbocycles. The normalized spacial score (nSPS) is 21.5. The number of nitrogens with two attached hydrogens (primary N) is 1. The minimum Gasteiger partial charge on any atom is -0.351 e. The summed E-state index contributed by atoms with van der Waals surface area (Å²) >= 11 is 0. The van der Waals surface area contributed by atoms with E-state index in [0.29, 0.717) is 36.3 Å². The molecule has 0 amide bonds. The van der Waals surface area contributed by atoms with E-state index in [4.69, 9.17) is 25.9 Å². The number of fused-ring (bicyclic) bond motifs is 1. The highest BCUT2D eigenvalue weighted by Crippen LogP contribution is 2.34. The van der Waals surface area contributed by atoms with Gasteiger partial charge in [-0.15, -0.1) is 0 Å². The molecule has 32 heavy (non-hydrogen) atoms. The lowest BCUT2D eigenvalue weighted by Crippen LogP contribution is -2.33. The Balaban J connectivity index is 1.47. The minimum absolute atomic E-state index is 0.307. The van der Waals surface area contributed by atoms with Gasteiger partial charge in [-0.1, -0.05) is 25.0 Å². The van der Waals surface area contributed by atoms with Crippen LogP contribution in [-0.4, -0.2) is 31.6 Å². The van der Waals surface area contributed by atoms with E-state index in [2.05, 4.69) is 21.3 Å². The smallest absolute Gasteiger partial charge is 0.227 e. The predicted octanol–water partition coefficient (Wildman–Crippen LogP) is 4.43. The summed E-state index contributed by atoms with van der Waals surface area (Å²) in [6.07, 6.45) is 11.3. The van der Waals surface area contributed by atoms with E-state index in [1.165, 1.54) is 25.7 Å². The maximum atomic E-state index is 8.91. The van der Waals surface area contributed by atoms with Crippen molar-refractivity contribution in [1.29, 1.82) is 5.26 Å².